The molecule has 78 valence electrons. The van der Waals surface area contributed by atoms with Gasteiger partial charge >= 0.3 is 0 Å². The zero-order valence-corrected chi connectivity index (χ0v) is 9.93. The summed E-state index contributed by atoms with van der Waals surface area (Å²) in [6.07, 6.45) is 0. The maximum absolute atomic E-state index is 5.10. The van der Waals surface area contributed by atoms with E-state index in [1.165, 1.54) is 11.1 Å². The minimum absolute atomic E-state index is 0.619. The molecule has 0 saturated carbocycles. The molecule has 0 spiro atoms. The second-order valence-electron chi connectivity index (χ2n) is 2.87. The summed E-state index contributed by atoms with van der Waals surface area (Å²) in [4.78, 5) is 4.81. The van der Waals surface area contributed by atoms with Crippen molar-refractivity contribution >= 4 is 15.9 Å². The molecular weight excluding hydrogens is 246 g/mol. The molecule has 0 saturated heterocycles. The van der Waals surface area contributed by atoms with Crippen LogP contribution in [0.1, 0.15) is 11.1 Å². The molecular formula is C10H14BrNO2. The summed E-state index contributed by atoms with van der Waals surface area (Å²) in [5.74, 6) is 0. The Labute approximate surface area is 92.5 Å². The van der Waals surface area contributed by atoms with E-state index in [4.69, 9.17) is 9.57 Å². The van der Waals surface area contributed by atoms with Crippen LogP contribution >= 0.6 is 15.9 Å². The Morgan fingerprint density at radius 3 is 2.71 bits per heavy atom. The van der Waals surface area contributed by atoms with Gasteiger partial charge in [0.25, 0.3) is 0 Å². The predicted molar refractivity (Wildman–Crippen MR) is 58.7 cm³/mol. The highest BCUT2D eigenvalue weighted by molar-refractivity contribution is 9.10. The lowest BCUT2D eigenvalue weighted by Gasteiger charge is -2.09. The van der Waals surface area contributed by atoms with Gasteiger partial charge in [-0.05, 0) is 23.3 Å². The quantitative estimate of drug-likeness (QED) is 0.823. The fourth-order valence-corrected chi connectivity index (χ4v) is 1.61. The molecule has 0 heterocycles. The van der Waals surface area contributed by atoms with Gasteiger partial charge < -0.3 is 9.57 Å². The summed E-state index contributed by atoms with van der Waals surface area (Å²) >= 11 is 3.43. The third-order valence-corrected chi connectivity index (χ3v) is 2.37. The van der Waals surface area contributed by atoms with Crippen molar-refractivity contribution in [2.24, 2.45) is 0 Å². The van der Waals surface area contributed by atoms with Crippen LogP contribution in [-0.4, -0.2) is 14.2 Å². The predicted octanol–water partition coefficient (Wildman–Crippen LogP) is 2.25. The smallest absolute Gasteiger partial charge is 0.0716 e. The first-order valence-corrected chi connectivity index (χ1v) is 5.09. The monoisotopic (exact) mass is 259 g/mol. The van der Waals surface area contributed by atoms with Crippen molar-refractivity contribution in [2.45, 2.75) is 13.2 Å². The standard InChI is InChI=1S/C10H14BrNO2/c1-13-7-8-3-4-10(11)5-9(8)6-12-14-2/h3-5,12H,6-7H2,1-2H3. The third-order valence-electron chi connectivity index (χ3n) is 1.88. The van der Waals surface area contributed by atoms with Crippen LogP contribution in [0.4, 0.5) is 0 Å². The second kappa shape index (κ2) is 6.14. The number of hydroxylamine groups is 1. The van der Waals surface area contributed by atoms with Crippen LogP contribution in [0.25, 0.3) is 0 Å². The minimum atomic E-state index is 0.619. The molecule has 1 aromatic rings. The van der Waals surface area contributed by atoms with Gasteiger partial charge in [-0.15, -0.1) is 0 Å². The Bertz CT molecular complexity index is 291. The fourth-order valence-electron chi connectivity index (χ4n) is 1.21. The highest BCUT2D eigenvalue weighted by Crippen LogP contribution is 2.17. The molecule has 0 bridgehead atoms. The number of methoxy groups -OCH3 is 1. The van der Waals surface area contributed by atoms with Crippen molar-refractivity contribution in [3.05, 3.63) is 33.8 Å². The summed E-state index contributed by atoms with van der Waals surface area (Å²) in [7, 11) is 3.30. The Morgan fingerprint density at radius 1 is 1.29 bits per heavy atom. The summed E-state index contributed by atoms with van der Waals surface area (Å²) in [6.45, 7) is 1.29. The topological polar surface area (TPSA) is 30.5 Å². The number of rotatable bonds is 5. The van der Waals surface area contributed by atoms with Crippen molar-refractivity contribution in [3.8, 4) is 0 Å². The molecule has 14 heavy (non-hydrogen) atoms. The molecule has 4 heteroatoms. The van der Waals surface area contributed by atoms with Gasteiger partial charge in [0.05, 0.1) is 13.7 Å². The van der Waals surface area contributed by atoms with Crippen LogP contribution < -0.4 is 5.48 Å². The lowest BCUT2D eigenvalue weighted by Crippen LogP contribution is -2.12. The van der Waals surface area contributed by atoms with Crippen molar-refractivity contribution in [2.75, 3.05) is 14.2 Å². The Kier molecular flexibility index (Phi) is 5.11. The molecule has 0 amide bonds. The van der Waals surface area contributed by atoms with Crippen molar-refractivity contribution in [1.82, 2.24) is 5.48 Å². The van der Waals surface area contributed by atoms with Crippen LogP contribution in [0.5, 0.6) is 0 Å². The van der Waals surface area contributed by atoms with Crippen molar-refractivity contribution in [3.63, 3.8) is 0 Å². The van der Waals surface area contributed by atoms with Gasteiger partial charge in [0, 0.05) is 18.1 Å². The number of hydrogen-bond acceptors (Lipinski definition) is 3. The van der Waals surface area contributed by atoms with Crippen LogP contribution in [0.15, 0.2) is 22.7 Å². The zero-order chi connectivity index (χ0) is 10.4. The molecule has 0 aliphatic rings. The Balaban J connectivity index is 2.79. The van der Waals surface area contributed by atoms with Crippen LogP contribution in [0.2, 0.25) is 0 Å². The van der Waals surface area contributed by atoms with Gasteiger partial charge in [-0.3, -0.25) is 0 Å². The summed E-state index contributed by atoms with van der Waals surface area (Å²) < 4.78 is 6.16. The van der Waals surface area contributed by atoms with Gasteiger partial charge in [-0.2, -0.15) is 5.48 Å². The zero-order valence-electron chi connectivity index (χ0n) is 8.34. The molecule has 0 aromatic heterocycles. The van der Waals surface area contributed by atoms with Crippen LogP contribution in [-0.2, 0) is 22.7 Å². The average Bonchev–Trinajstić information content (AvgIpc) is 2.18. The molecule has 0 atom stereocenters. The third kappa shape index (κ3) is 3.38. The number of nitrogens with one attached hydrogen (secondary N) is 1. The van der Waals surface area contributed by atoms with E-state index in [0.717, 1.165) is 4.47 Å². The van der Waals surface area contributed by atoms with E-state index in [1.807, 2.05) is 12.1 Å². The van der Waals surface area contributed by atoms with E-state index in [9.17, 15) is 0 Å². The first kappa shape index (κ1) is 11.7. The highest BCUT2D eigenvalue weighted by Gasteiger charge is 2.02. The normalized spacial score (nSPS) is 10.5. The lowest BCUT2D eigenvalue weighted by molar-refractivity contribution is 0.0859. The SMILES string of the molecule is COCc1ccc(Br)cc1CNOC. The van der Waals surface area contributed by atoms with E-state index in [0.29, 0.717) is 13.2 Å². The summed E-state index contributed by atoms with van der Waals surface area (Å²) in [5.41, 5.74) is 5.15. The fraction of sp³-hybridized carbons (Fsp3) is 0.400. The number of hydrogen-bond donors (Lipinski definition) is 1. The van der Waals surface area contributed by atoms with Crippen LogP contribution in [0, 0.1) is 0 Å². The van der Waals surface area contributed by atoms with Crippen molar-refractivity contribution < 1.29 is 9.57 Å². The first-order valence-electron chi connectivity index (χ1n) is 4.30. The molecule has 0 fully saturated rings. The van der Waals surface area contributed by atoms with Gasteiger partial charge in [-0.1, -0.05) is 22.0 Å². The lowest BCUT2D eigenvalue weighted by atomic mass is 10.1. The van der Waals surface area contributed by atoms with Gasteiger partial charge in [-0.25, -0.2) is 0 Å². The average molecular weight is 260 g/mol. The van der Waals surface area contributed by atoms with E-state index in [1.54, 1.807) is 14.2 Å². The minimum Gasteiger partial charge on any atom is -0.380 e. The van der Waals surface area contributed by atoms with Gasteiger partial charge in [0.1, 0.15) is 0 Å². The molecule has 0 aliphatic heterocycles. The summed E-state index contributed by atoms with van der Waals surface area (Å²) in [5, 5.41) is 0. The number of benzene rings is 1. The van der Waals surface area contributed by atoms with Gasteiger partial charge in [0.2, 0.25) is 0 Å². The van der Waals surface area contributed by atoms with E-state index in [2.05, 4.69) is 27.5 Å². The van der Waals surface area contributed by atoms with Crippen LogP contribution in [0.3, 0.4) is 0 Å². The molecule has 0 aliphatic carbocycles. The van der Waals surface area contributed by atoms with Gasteiger partial charge in [0.15, 0.2) is 0 Å². The molecule has 1 rings (SSSR count). The van der Waals surface area contributed by atoms with E-state index >= 15 is 0 Å². The molecule has 1 aromatic carbocycles. The first-order chi connectivity index (χ1) is 6.77. The highest BCUT2D eigenvalue weighted by atomic mass is 79.9. The second-order valence-corrected chi connectivity index (χ2v) is 3.79. The van der Waals surface area contributed by atoms with E-state index in [-0.39, 0.29) is 0 Å². The maximum Gasteiger partial charge on any atom is 0.0716 e. The Morgan fingerprint density at radius 2 is 2.07 bits per heavy atom. The van der Waals surface area contributed by atoms with E-state index < -0.39 is 0 Å². The molecule has 0 radical (unpaired) electrons. The molecule has 3 nitrogen and oxygen atoms in total. The van der Waals surface area contributed by atoms with Crippen molar-refractivity contribution in [1.29, 1.82) is 0 Å². The summed E-state index contributed by atoms with van der Waals surface area (Å²) in [6, 6.07) is 6.10. The molecule has 1 N–H and O–H groups in total. The largest absolute Gasteiger partial charge is 0.380 e. The number of ether oxygens (including phenoxy) is 1. The molecule has 0 unspecified atom stereocenters. The number of halogens is 1. The Hall–Kier alpha value is -0.420. The maximum atomic E-state index is 5.10.